The molecule has 7 heteroatoms. The topological polar surface area (TPSA) is 75.2 Å². The van der Waals surface area contributed by atoms with Gasteiger partial charge in [-0.2, -0.15) is 0 Å². The summed E-state index contributed by atoms with van der Waals surface area (Å²) in [5.74, 6) is -0.160. The summed E-state index contributed by atoms with van der Waals surface area (Å²) in [7, 11) is 0. The second-order valence-electron chi connectivity index (χ2n) is 8.92. The van der Waals surface area contributed by atoms with Crippen LogP contribution in [0.5, 0.6) is 0 Å². The molecule has 4 rings (SSSR count). The maximum absolute atomic E-state index is 12.6. The van der Waals surface area contributed by atoms with Crippen molar-refractivity contribution in [2.45, 2.75) is 45.4 Å². The van der Waals surface area contributed by atoms with Crippen molar-refractivity contribution in [2.24, 2.45) is 0 Å². The van der Waals surface area contributed by atoms with Crippen LogP contribution in [0.3, 0.4) is 0 Å². The van der Waals surface area contributed by atoms with Crippen molar-refractivity contribution in [3.8, 4) is 0 Å². The lowest BCUT2D eigenvalue weighted by molar-refractivity contribution is -0.117. The van der Waals surface area contributed by atoms with E-state index in [9.17, 15) is 9.59 Å². The van der Waals surface area contributed by atoms with Crippen molar-refractivity contribution in [3.63, 3.8) is 0 Å². The van der Waals surface area contributed by atoms with Crippen molar-refractivity contribution < 1.29 is 9.59 Å². The van der Waals surface area contributed by atoms with Crippen LogP contribution in [0.4, 0.5) is 10.8 Å². The molecule has 6 nitrogen and oxygen atoms in total. The molecule has 3 aromatic rings. The molecule has 2 aromatic carbocycles. The third-order valence-corrected chi connectivity index (χ3v) is 6.56. The molecule has 1 aliphatic rings. The van der Waals surface area contributed by atoms with E-state index in [2.05, 4.69) is 36.3 Å². The standard InChI is InChI=1S/C24H26N4O2S/c1-15-7-5-6-8-19(15)28-14-17(13-20(28)29)22-26-27-23(31-22)25-21(30)16-9-11-18(12-10-16)24(2,3)4/h5-12,17H,13-14H2,1-4H3,(H,25,27,30). The summed E-state index contributed by atoms with van der Waals surface area (Å²) < 4.78 is 0. The zero-order valence-corrected chi connectivity index (χ0v) is 19.0. The molecular weight excluding hydrogens is 408 g/mol. The number of aromatic nitrogens is 2. The van der Waals surface area contributed by atoms with Crippen molar-refractivity contribution in [1.82, 2.24) is 10.2 Å². The summed E-state index contributed by atoms with van der Waals surface area (Å²) in [4.78, 5) is 27.0. The van der Waals surface area contributed by atoms with Gasteiger partial charge in [0.25, 0.3) is 5.91 Å². The highest BCUT2D eigenvalue weighted by molar-refractivity contribution is 7.15. The Bertz CT molecular complexity index is 1120. The fraction of sp³-hybridized carbons (Fsp3) is 0.333. The van der Waals surface area contributed by atoms with E-state index in [1.165, 1.54) is 16.9 Å². The fourth-order valence-electron chi connectivity index (χ4n) is 3.71. The van der Waals surface area contributed by atoms with E-state index in [1.807, 2.05) is 60.4 Å². The van der Waals surface area contributed by atoms with Gasteiger partial charge in [0.1, 0.15) is 5.01 Å². The van der Waals surface area contributed by atoms with E-state index in [1.54, 1.807) is 0 Å². The molecule has 0 aliphatic carbocycles. The lowest BCUT2D eigenvalue weighted by Gasteiger charge is -2.18. The fourth-order valence-corrected chi connectivity index (χ4v) is 4.54. The quantitative estimate of drug-likeness (QED) is 0.633. The summed E-state index contributed by atoms with van der Waals surface area (Å²) in [6.07, 6.45) is 0.394. The van der Waals surface area contributed by atoms with E-state index >= 15 is 0 Å². The number of aryl methyl sites for hydroxylation is 1. The molecular formula is C24H26N4O2S. The Morgan fingerprint density at radius 3 is 2.48 bits per heavy atom. The minimum absolute atomic E-state index is 0.0265. The maximum Gasteiger partial charge on any atom is 0.257 e. The van der Waals surface area contributed by atoms with Gasteiger partial charge in [-0.15, -0.1) is 10.2 Å². The van der Waals surface area contributed by atoms with Crippen molar-refractivity contribution >= 4 is 34.0 Å². The van der Waals surface area contributed by atoms with E-state index in [0.29, 0.717) is 23.7 Å². The van der Waals surface area contributed by atoms with Gasteiger partial charge in [0.15, 0.2) is 0 Å². The lowest BCUT2D eigenvalue weighted by atomic mass is 9.87. The molecule has 1 N–H and O–H groups in total. The number of para-hydroxylation sites is 1. The van der Waals surface area contributed by atoms with Crippen LogP contribution in [0, 0.1) is 6.92 Å². The molecule has 1 atom stereocenters. The number of nitrogens with one attached hydrogen (secondary N) is 1. The molecule has 1 saturated heterocycles. The van der Waals surface area contributed by atoms with Gasteiger partial charge >= 0.3 is 0 Å². The summed E-state index contributed by atoms with van der Waals surface area (Å²) >= 11 is 1.33. The second-order valence-corrected chi connectivity index (χ2v) is 9.93. The Morgan fingerprint density at radius 2 is 1.81 bits per heavy atom. The maximum atomic E-state index is 12.6. The molecule has 2 heterocycles. The van der Waals surface area contributed by atoms with Crippen molar-refractivity contribution in [1.29, 1.82) is 0 Å². The molecule has 1 unspecified atom stereocenters. The van der Waals surface area contributed by atoms with Gasteiger partial charge in [-0.3, -0.25) is 14.9 Å². The van der Waals surface area contributed by atoms with E-state index < -0.39 is 0 Å². The normalized spacial score (nSPS) is 16.6. The Kier molecular flexibility index (Phi) is 5.62. The first-order chi connectivity index (χ1) is 14.7. The number of carbonyl (C=O) groups excluding carboxylic acids is 2. The van der Waals surface area contributed by atoms with Crippen LogP contribution in [0.15, 0.2) is 48.5 Å². The minimum Gasteiger partial charge on any atom is -0.311 e. The largest absolute Gasteiger partial charge is 0.311 e. The number of amides is 2. The first-order valence-corrected chi connectivity index (χ1v) is 11.2. The van der Waals surface area contributed by atoms with Crippen molar-refractivity contribution in [3.05, 3.63) is 70.2 Å². The van der Waals surface area contributed by atoms with Gasteiger partial charge in [-0.1, -0.05) is 62.4 Å². The highest BCUT2D eigenvalue weighted by atomic mass is 32.1. The number of hydrogen-bond donors (Lipinski definition) is 1. The van der Waals surface area contributed by atoms with Gasteiger partial charge < -0.3 is 4.90 Å². The predicted octanol–water partition coefficient (Wildman–Crippen LogP) is 4.92. The molecule has 31 heavy (non-hydrogen) atoms. The zero-order valence-electron chi connectivity index (χ0n) is 18.2. The summed E-state index contributed by atoms with van der Waals surface area (Å²) in [6.45, 7) is 8.99. The highest BCUT2D eigenvalue weighted by Crippen LogP contribution is 2.35. The first-order valence-electron chi connectivity index (χ1n) is 10.3. The molecule has 0 spiro atoms. The Balaban J connectivity index is 1.43. The van der Waals surface area contributed by atoms with Gasteiger partial charge in [-0.05, 0) is 41.7 Å². The molecule has 160 valence electrons. The molecule has 0 bridgehead atoms. The zero-order chi connectivity index (χ0) is 22.2. The van der Waals surface area contributed by atoms with E-state index in [-0.39, 0.29) is 23.1 Å². The molecule has 1 fully saturated rings. The molecule has 2 amide bonds. The van der Waals surface area contributed by atoms with E-state index in [0.717, 1.165) is 16.3 Å². The molecule has 1 aromatic heterocycles. The Labute approximate surface area is 186 Å². The summed E-state index contributed by atoms with van der Waals surface area (Å²) in [5.41, 5.74) is 3.79. The number of anilines is 2. The third kappa shape index (κ3) is 4.51. The Hall–Kier alpha value is -3.06. The average molecular weight is 435 g/mol. The van der Waals surface area contributed by atoms with Gasteiger partial charge in [0.2, 0.25) is 11.0 Å². The van der Waals surface area contributed by atoms with E-state index in [4.69, 9.17) is 0 Å². The van der Waals surface area contributed by atoms with Crippen LogP contribution < -0.4 is 10.2 Å². The third-order valence-electron chi connectivity index (χ3n) is 5.55. The van der Waals surface area contributed by atoms with Gasteiger partial charge in [0, 0.05) is 30.1 Å². The Morgan fingerprint density at radius 1 is 1.10 bits per heavy atom. The van der Waals surface area contributed by atoms with Crippen LogP contribution in [0.1, 0.15) is 59.6 Å². The average Bonchev–Trinajstić information content (AvgIpc) is 3.34. The van der Waals surface area contributed by atoms with Crippen LogP contribution in [0.2, 0.25) is 0 Å². The van der Waals surface area contributed by atoms with Gasteiger partial charge in [-0.25, -0.2) is 0 Å². The van der Waals surface area contributed by atoms with Crippen LogP contribution in [-0.2, 0) is 10.2 Å². The molecule has 0 radical (unpaired) electrons. The number of hydrogen-bond acceptors (Lipinski definition) is 5. The highest BCUT2D eigenvalue weighted by Gasteiger charge is 2.34. The first kappa shape index (κ1) is 21.2. The minimum atomic E-state index is -0.216. The van der Waals surface area contributed by atoms with Crippen LogP contribution >= 0.6 is 11.3 Å². The monoisotopic (exact) mass is 434 g/mol. The smallest absolute Gasteiger partial charge is 0.257 e. The van der Waals surface area contributed by atoms with Crippen LogP contribution in [0.25, 0.3) is 0 Å². The second kappa shape index (κ2) is 8.23. The summed E-state index contributed by atoms with van der Waals surface area (Å²) in [5, 5.41) is 12.4. The number of rotatable bonds is 4. The molecule has 0 saturated carbocycles. The van der Waals surface area contributed by atoms with Gasteiger partial charge in [0.05, 0.1) is 0 Å². The predicted molar refractivity (Wildman–Crippen MR) is 124 cm³/mol. The molecule has 1 aliphatic heterocycles. The van der Waals surface area contributed by atoms with Crippen LogP contribution in [-0.4, -0.2) is 28.6 Å². The number of carbonyl (C=O) groups is 2. The SMILES string of the molecule is Cc1ccccc1N1CC(c2nnc(NC(=O)c3ccc(C(C)(C)C)cc3)s2)CC1=O. The van der Waals surface area contributed by atoms with Crippen molar-refractivity contribution in [2.75, 3.05) is 16.8 Å². The lowest BCUT2D eigenvalue weighted by Crippen LogP contribution is -2.25. The number of nitrogens with zero attached hydrogens (tertiary/aromatic N) is 3. The number of benzene rings is 2. The summed E-state index contributed by atoms with van der Waals surface area (Å²) in [6, 6.07) is 15.5.